The van der Waals surface area contributed by atoms with Crippen LogP contribution < -0.4 is 5.32 Å². The van der Waals surface area contributed by atoms with E-state index in [1.807, 2.05) is 19.1 Å². The fourth-order valence-electron chi connectivity index (χ4n) is 1.98. The smallest absolute Gasteiger partial charge is 0.308 e. The monoisotopic (exact) mass is 265 g/mol. The molecule has 1 rings (SSSR count). The van der Waals surface area contributed by atoms with Crippen LogP contribution in [0.3, 0.4) is 0 Å². The Morgan fingerprint density at radius 3 is 2.74 bits per heavy atom. The molecule has 106 valence electrons. The summed E-state index contributed by atoms with van der Waals surface area (Å²) in [4.78, 5) is 11.2. The third-order valence-electron chi connectivity index (χ3n) is 3.02. The van der Waals surface area contributed by atoms with E-state index in [0.717, 1.165) is 0 Å². The van der Waals surface area contributed by atoms with Gasteiger partial charge in [0.1, 0.15) is 0 Å². The summed E-state index contributed by atoms with van der Waals surface area (Å²) in [7, 11) is 0. The largest absolute Gasteiger partial charge is 0.466 e. The summed E-state index contributed by atoms with van der Waals surface area (Å²) in [5.41, 5.74) is 2.41. The second-order valence-electron chi connectivity index (χ2n) is 4.65. The summed E-state index contributed by atoms with van der Waals surface area (Å²) in [5, 5.41) is 13.0. The lowest BCUT2D eigenvalue weighted by molar-refractivity contribution is -0.145. The SMILES string of the molecule is CCOC(=O)CC(O)CNC(C)c1ccccc1C. The first-order valence-corrected chi connectivity index (χ1v) is 6.67. The fraction of sp³-hybridized carbons (Fsp3) is 0.533. The fourth-order valence-corrected chi connectivity index (χ4v) is 1.98. The van der Waals surface area contributed by atoms with E-state index < -0.39 is 6.10 Å². The Balaban J connectivity index is 2.40. The van der Waals surface area contributed by atoms with Gasteiger partial charge in [-0.25, -0.2) is 0 Å². The van der Waals surface area contributed by atoms with E-state index in [-0.39, 0.29) is 18.4 Å². The van der Waals surface area contributed by atoms with Crippen molar-refractivity contribution in [3.8, 4) is 0 Å². The quantitative estimate of drug-likeness (QED) is 0.740. The number of aryl methyl sites for hydroxylation is 1. The third-order valence-corrected chi connectivity index (χ3v) is 3.02. The van der Waals surface area contributed by atoms with Gasteiger partial charge in [-0.15, -0.1) is 0 Å². The summed E-state index contributed by atoms with van der Waals surface area (Å²) in [6.07, 6.45) is -0.688. The van der Waals surface area contributed by atoms with Crippen molar-refractivity contribution >= 4 is 5.97 Å². The van der Waals surface area contributed by atoms with Gasteiger partial charge in [-0.3, -0.25) is 4.79 Å². The zero-order chi connectivity index (χ0) is 14.3. The molecule has 2 unspecified atom stereocenters. The minimum absolute atomic E-state index is 0.0291. The minimum atomic E-state index is -0.717. The molecule has 0 fully saturated rings. The van der Waals surface area contributed by atoms with E-state index in [2.05, 4.69) is 24.4 Å². The van der Waals surface area contributed by atoms with Gasteiger partial charge >= 0.3 is 5.97 Å². The number of aliphatic hydroxyl groups excluding tert-OH is 1. The number of carbonyl (C=O) groups is 1. The number of carbonyl (C=O) groups excluding carboxylic acids is 1. The van der Waals surface area contributed by atoms with Crippen LogP contribution in [0.1, 0.15) is 37.4 Å². The third kappa shape index (κ3) is 5.41. The van der Waals surface area contributed by atoms with Gasteiger partial charge in [0, 0.05) is 12.6 Å². The predicted octanol–water partition coefficient (Wildman–Crippen LogP) is 1.96. The van der Waals surface area contributed by atoms with Gasteiger partial charge in [0.05, 0.1) is 19.1 Å². The first kappa shape index (κ1) is 15.7. The summed E-state index contributed by atoms with van der Waals surface area (Å²) in [6.45, 7) is 6.57. The van der Waals surface area contributed by atoms with E-state index in [4.69, 9.17) is 4.74 Å². The van der Waals surface area contributed by atoms with Gasteiger partial charge in [0.2, 0.25) is 0 Å². The highest BCUT2D eigenvalue weighted by atomic mass is 16.5. The highest BCUT2D eigenvalue weighted by Gasteiger charge is 2.14. The van der Waals surface area contributed by atoms with E-state index in [0.29, 0.717) is 13.2 Å². The van der Waals surface area contributed by atoms with Crippen LogP contribution in [-0.4, -0.2) is 30.3 Å². The number of ether oxygens (including phenoxy) is 1. The van der Waals surface area contributed by atoms with Gasteiger partial charge < -0.3 is 15.2 Å². The molecule has 0 bridgehead atoms. The number of hydrogen-bond acceptors (Lipinski definition) is 4. The highest BCUT2D eigenvalue weighted by molar-refractivity contribution is 5.69. The average molecular weight is 265 g/mol. The summed E-state index contributed by atoms with van der Waals surface area (Å²) in [5.74, 6) is -0.361. The van der Waals surface area contributed by atoms with Crippen LogP contribution in [-0.2, 0) is 9.53 Å². The van der Waals surface area contributed by atoms with Crippen molar-refractivity contribution in [3.05, 3.63) is 35.4 Å². The molecule has 19 heavy (non-hydrogen) atoms. The van der Waals surface area contributed by atoms with Crippen molar-refractivity contribution in [2.75, 3.05) is 13.2 Å². The van der Waals surface area contributed by atoms with Crippen molar-refractivity contribution in [3.63, 3.8) is 0 Å². The molecule has 0 aliphatic rings. The number of esters is 1. The molecule has 0 spiro atoms. The molecule has 4 nitrogen and oxygen atoms in total. The molecule has 1 aromatic rings. The molecule has 0 aliphatic heterocycles. The van der Waals surface area contributed by atoms with Gasteiger partial charge in [-0.05, 0) is 31.9 Å². The molecule has 2 atom stereocenters. The summed E-state index contributed by atoms with van der Waals surface area (Å²) >= 11 is 0. The Bertz CT molecular complexity index is 406. The van der Waals surface area contributed by atoms with Crippen LogP contribution in [0, 0.1) is 6.92 Å². The second kappa shape index (κ2) is 7.92. The van der Waals surface area contributed by atoms with Crippen molar-refractivity contribution in [1.82, 2.24) is 5.32 Å². The first-order chi connectivity index (χ1) is 9.04. The maximum absolute atomic E-state index is 11.2. The maximum atomic E-state index is 11.2. The first-order valence-electron chi connectivity index (χ1n) is 6.67. The number of benzene rings is 1. The summed E-state index contributed by atoms with van der Waals surface area (Å²) in [6, 6.07) is 8.25. The van der Waals surface area contributed by atoms with E-state index in [9.17, 15) is 9.90 Å². The average Bonchev–Trinajstić information content (AvgIpc) is 2.36. The molecule has 0 heterocycles. The van der Waals surface area contributed by atoms with E-state index in [1.54, 1.807) is 6.92 Å². The molecule has 2 N–H and O–H groups in total. The van der Waals surface area contributed by atoms with Crippen LogP contribution in [0.15, 0.2) is 24.3 Å². The van der Waals surface area contributed by atoms with E-state index >= 15 is 0 Å². The molecule has 0 radical (unpaired) electrons. The van der Waals surface area contributed by atoms with Crippen LogP contribution in [0.25, 0.3) is 0 Å². The van der Waals surface area contributed by atoms with E-state index in [1.165, 1.54) is 11.1 Å². The van der Waals surface area contributed by atoms with Crippen molar-refractivity contribution < 1.29 is 14.6 Å². The molecule has 0 amide bonds. The molecule has 4 heteroatoms. The Kier molecular flexibility index (Phi) is 6.53. The minimum Gasteiger partial charge on any atom is -0.466 e. The number of hydrogen-bond donors (Lipinski definition) is 2. The molecule has 0 saturated carbocycles. The van der Waals surface area contributed by atoms with Crippen molar-refractivity contribution in [2.24, 2.45) is 0 Å². The highest BCUT2D eigenvalue weighted by Crippen LogP contribution is 2.16. The molecular formula is C15H23NO3. The topological polar surface area (TPSA) is 58.6 Å². The maximum Gasteiger partial charge on any atom is 0.308 e. The number of nitrogens with one attached hydrogen (secondary N) is 1. The predicted molar refractivity (Wildman–Crippen MR) is 74.9 cm³/mol. The molecule has 1 aromatic carbocycles. The van der Waals surface area contributed by atoms with Crippen molar-refractivity contribution in [1.29, 1.82) is 0 Å². The Morgan fingerprint density at radius 2 is 2.11 bits per heavy atom. The Hall–Kier alpha value is -1.39. The van der Waals surface area contributed by atoms with Crippen LogP contribution >= 0.6 is 0 Å². The lowest BCUT2D eigenvalue weighted by atomic mass is 10.0. The van der Waals surface area contributed by atoms with Crippen LogP contribution in [0.4, 0.5) is 0 Å². The number of rotatable bonds is 7. The van der Waals surface area contributed by atoms with Gasteiger partial charge in [-0.2, -0.15) is 0 Å². The Labute approximate surface area is 114 Å². The zero-order valence-corrected chi connectivity index (χ0v) is 11.8. The van der Waals surface area contributed by atoms with Crippen molar-refractivity contribution in [2.45, 2.75) is 39.3 Å². The van der Waals surface area contributed by atoms with Gasteiger partial charge in [0.15, 0.2) is 0 Å². The van der Waals surface area contributed by atoms with Crippen LogP contribution in [0.5, 0.6) is 0 Å². The Morgan fingerprint density at radius 1 is 1.42 bits per heavy atom. The van der Waals surface area contributed by atoms with Gasteiger partial charge in [-0.1, -0.05) is 24.3 Å². The standard InChI is InChI=1S/C15H23NO3/c1-4-19-15(18)9-13(17)10-16-12(3)14-8-6-5-7-11(14)2/h5-8,12-13,16-17H,4,9-10H2,1-3H3. The summed E-state index contributed by atoms with van der Waals surface area (Å²) < 4.78 is 4.80. The molecular weight excluding hydrogens is 242 g/mol. The normalized spacial score (nSPS) is 13.9. The second-order valence-corrected chi connectivity index (χ2v) is 4.65. The lowest BCUT2D eigenvalue weighted by Gasteiger charge is -2.18. The lowest BCUT2D eigenvalue weighted by Crippen LogP contribution is -2.31. The zero-order valence-electron chi connectivity index (χ0n) is 11.8. The van der Waals surface area contributed by atoms with Gasteiger partial charge in [0.25, 0.3) is 0 Å². The molecule has 0 aliphatic carbocycles. The molecule has 0 aromatic heterocycles. The van der Waals surface area contributed by atoms with Crippen LogP contribution in [0.2, 0.25) is 0 Å². The molecule has 0 saturated heterocycles. The number of aliphatic hydroxyl groups is 1.